The largest absolute Gasteiger partial charge is 0.404 e. The van der Waals surface area contributed by atoms with Gasteiger partial charge in [-0.3, -0.25) is 4.99 Å². The van der Waals surface area contributed by atoms with E-state index in [-0.39, 0.29) is 6.04 Å². The predicted octanol–water partition coefficient (Wildman–Crippen LogP) is 5.63. The number of nitrogens with one attached hydrogen (secondary N) is 3. The van der Waals surface area contributed by atoms with E-state index in [2.05, 4.69) is 59.2 Å². The van der Waals surface area contributed by atoms with E-state index >= 15 is 0 Å². The fourth-order valence-corrected chi connectivity index (χ4v) is 4.90. The van der Waals surface area contributed by atoms with Gasteiger partial charge in [0.05, 0.1) is 0 Å². The number of aliphatic imine (C=N–C) groups is 1. The molecule has 0 amide bonds. The summed E-state index contributed by atoms with van der Waals surface area (Å²) in [6.07, 6.45) is 11.9. The minimum Gasteiger partial charge on any atom is -0.404 e. The lowest BCUT2D eigenvalue weighted by Crippen LogP contribution is -2.27. The van der Waals surface area contributed by atoms with Gasteiger partial charge in [-0.25, -0.2) is 4.98 Å². The molecule has 3 heterocycles. The third kappa shape index (κ3) is 5.88. The molecule has 3 aromatic rings. The number of rotatable bonds is 9. The van der Waals surface area contributed by atoms with Crippen LogP contribution >= 0.6 is 0 Å². The monoisotopic (exact) mass is 484 g/mol. The molecule has 1 aliphatic rings. The second kappa shape index (κ2) is 11.6. The molecule has 1 fully saturated rings. The fourth-order valence-electron chi connectivity index (χ4n) is 4.90. The quantitative estimate of drug-likeness (QED) is 0.234. The summed E-state index contributed by atoms with van der Waals surface area (Å²) in [5.41, 5.74) is 16.1. The Labute approximate surface area is 215 Å². The summed E-state index contributed by atoms with van der Waals surface area (Å²) < 4.78 is 0. The minimum atomic E-state index is 0.216. The van der Waals surface area contributed by atoms with Crippen LogP contribution in [0.5, 0.6) is 0 Å². The Balaban J connectivity index is 1.61. The smallest absolute Gasteiger partial charge is 0.137 e. The van der Waals surface area contributed by atoms with Crippen molar-refractivity contribution in [1.29, 1.82) is 0 Å². The molecule has 6 heteroatoms. The van der Waals surface area contributed by atoms with Crippen molar-refractivity contribution < 1.29 is 0 Å². The number of pyridine rings is 1. The molecule has 0 bridgehead atoms. The highest BCUT2D eigenvalue weighted by molar-refractivity contribution is 5.85. The Bertz CT molecular complexity index is 1270. The van der Waals surface area contributed by atoms with E-state index in [1.54, 1.807) is 12.4 Å². The molecule has 0 aliphatic carbocycles. The van der Waals surface area contributed by atoms with Gasteiger partial charge in [-0.15, -0.1) is 0 Å². The van der Waals surface area contributed by atoms with E-state index in [9.17, 15) is 0 Å². The van der Waals surface area contributed by atoms with Crippen LogP contribution in [0.15, 0.2) is 59.6 Å². The van der Waals surface area contributed by atoms with Crippen LogP contribution in [-0.4, -0.2) is 35.3 Å². The minimum absolute atomic E-state index is 0.216. The van der Waals surface area contributed by atoms with E-state index in [1.165, 1.54) is 52.5 Å². The zero-order chi connectivity index (χ0) is 25.7. The molecule has 5 N–H and O–H groups in total. The highest BCUT2D eigenvalue weighted by atomic mass is 14.9. The Kier molecular flexibility index (Phi) is 8.26. The lowest BCUT2D eigenvalue weighted by molar-refractivity contribution is 0.411. The van der Waals surface area contributed by atoms with Gasteiger partial charge in [-0.05, 0) is 93.5 Å². The molecule has 0 radical (unpaired) electrons. The molecular formula is C30H40N6. The van der Waals surface area contributed by atoms with E-state index in [0.29, 0.717) is 6.04 Å². The lowest BCUT2D eigenvalue weighted by atomic mass is 9.87. The number of aryl methyl sites for hydroxylation is 1. The third-order valence-electron chi connectivity index (χ3n) is 7.08. The van der Waals surface area contributed by atoms with Crippen molar-refractivity contribution in [3.05, 3.63) is 76.9 Å². The van der Waals surface area contributed by atoms with Crippen molar-refractivity contribution in [1.82, 2.24) is 20.6 Å². The Morgan fingerprint density at radius 2 is 2.08 bits per heavy atom. The van der Waals surface area contributed by atoms with Gasteiger partial charge in [-0.2, -0.15) is 0 Å². The maximum Gasteiger partial charge on any atom is 0.137 e. The molecule has 1 atom stereocenters. The molecule has 6 nitrogen and oxygen atoms in total. The SMILES string of the molecule is C=C(NCCc1cc(-c2cnc3[nH]cc(C)c3c2)cc(C2CCCCN2)c1C)C(C=NC(C)C)=CN. The van der Waals surface area contributed by atoms with Crippen LogP contribution in [0.4, 0.5) is 0 Å². The van der Waals surface area contributed by atoms with Gasteiger partial charge in [0.2, 0.25) is 0 Å². The maximum absolute atomic E-state index is 5.83. The van der Waals surface area contributed by atoms with Gasteiger partial charge in [0.15, 0.2) is 0 Å². The van der Waals surface area contributed by atoms with Crippen molar-refractivity contribution in [2.75, 3.05) is 13.1 Å². The first-order chi connectivity index (χ1) is 17.4. The summed E-state index contributed by atoms with van der Waals surface area (Å²) in [5, 5.41) is 8.38. The zero-order valence-corrected chi connectivity index (χ0v) is 22.1. The van der Waals surface area contributed by atoms with E-state index in [0.717, 1.165) is 42.0 Å². The summed E-state index contributed by atoms with van der Waals surface area (Å²) in [4.78, 5) is 12.4. The molecule has 1 saturated heterocycles. The number of hydrogen-bond donors (Lipinski definition) is 4. The summed E-state index contributed by atoms with van der Waals surface area (Å²) in [6, 6.07) is 7.57. The normalized spacial score (nSPS) is 16.8. The van der Waals surface area contributed by atoms with E-state index < -0.39 is 0 Å². The van der Waals surface area contributed by atoms with Gasteiger partial charge >= 0.3 is 0 Å². The van der Waals surface area contributed by atoms with Crippen LogP contribution in [-0.2, 0) is 6.42 Å². The number of piperidine rings is 1. The van der Waals surface area contributed by atoms with Crippen LogP contribution in [0.1, 0.15) is 61.4 Å². The van der Waals surface area contributed by atoms with Crippen molar-refractivity contribution in [2.45, 2.75) is 65.5 Å². The number of aromatic amines is 1. The van der Waals surface area contributed by atoms with Gasteiger partial charge in [0.25, 0.3) is 0 Å². The number of aromatic nitrogens is 2. The van der Waals surface area contributed by atoms with E-state index in [1.807, 2.05) is 26.2 Å². The molecular weight excluding hydrogens is 444 g/mol. The summed E-state index contributed by atoms with van der Waals surface area (Å²) in [7, 11) is 0. The van der Waals surface area contributed by atoms with Crippen LogP contribution in [0.3, 0.4) is 0 Å². The summed E-state index contributed by atoms with van der Waals surface area (Å²) >= 11 is 0. The average molecular weight is 485 g/mol. The number of nitrogens with zero attached hydrogens (tertiary/aromatic N) is 2. The maximum atomic E-state index is 5.83. The number of nitrogens with two attached hydrogens (primary N) is 1. The van der Waals surface area contributed by atoms with Crippen LogP contribution in [0, 0.1) is 13.8 Å². The van der Waals surface area contributed by atoms with Crippen molar-refractivity contribution in [3.63, 3.8) is 0 Å². The summed E-state index contributed by atoms with van der Waals surface area (Å²) in [6.45, 7) is 14.5. The molecule has 190 valence electrons. The first kappa shape index (κ1) is 25.7. The van der Waals surface area contributed by atoms with Crippen LogP contribution in [0.25, 0.3) is 22.2 Å². The number of fused-ring (bicyclic) bond motifs is 1. The highest BCUT2D eigenvalue weighted by Crippen LogP contribution is 2.33. The molecule has 1 unspecified atom stereocenters. The average Bonchev–Trinajstić information content (AvgIpc) is 3.25. The molecule has 2 aromatic heterocycles. The van der Waals surface area contributed by atoms with Crippen molar-refractivity contribution in [2.24, 2.45) is 10.7 Å². The molecule has 1 aliphatic heterocycles. The third-order valence-corrected chi connectivity index (χ3v) is 7.08. The highest BCUT2D eigenvalue weighted by Gasteiger charge is 2.20. The Hall–Kier alpha value is -3.38. The zero-order valence-electron chi connectivity index (χ0n) is 22.1. The van der Waals surface area contributed by atoms with Gasteiger partial charge in [0.1, 0.15) is 5.65 Å². The molecule has 0 spiro atoms. The van der Waals surface area contributed by atoms with E-state index in [4.69, 9.17) is 10.7 Å². The van der Waals surface area contributed by atoms with Gasteiger partial charge < -0.3 is 21.4 Å². The fraction of sp³-hybridized carbons (Fsp3) is 0.400. The second-order valence-electron chi connectivity index (χ2n) is 10.1. The van der Waals surface area contributed by atoms with Crippen molar-refractivity contribution in [3.8, 4) is 11.1 Å². The van der Waals surface area contributed by atoms with Gasteiger partial charge in [0, 0.05) is 65.7 Å². The van der Waals surface area contributed by atoms with Gasteiger partial charge in [-0.1, -0.05) is 19.1 Å². The standard InChI is InChI=1S/C30H40N6/c1-19(2)34-18-26(15-31)22(5)32-11-9-23-12-24(13-28(21(23)4)29-8-6-7-10-33-29)25-14-27-20(3)16-35-30(27)36-17-25/h12-19,29,32-33H,5-11,31H2,1-4H3,(H,35,36). The molecule has 36 heavy (non-hydrogen) atoms. The Morgan fingerprint density at radius 1 is 1.25 bits per heavy atom. The number of hydrogen-bond acceptors (Lipinski definition) is 5. The molecule has 4 rings (SSSR count). The number of benzene rings is 1. The van der Waals surface area contributed by atoms with Crippen molar-refractivity contribution >= 4 is 17.2 Å². The lowest BCUT2D eigenvalue weighted by Gasteiger charge is -2.27. The topological polar surface area (TPSA) is 91.1 Å². The predicted molar refractivity (Wildman–Crippen MR) is 152 cm³/mol. The number of H-pyrrole nitrogens is 1. The molecule has 1 aromatic carbocycles. The number of allylic oxidation sites excluding steroid dienone is 1. The van der Waals surface area contributed by atoms with Crippen LogP contribution in [0.2, 0.25) is 0 Å². The summed E-state index contributed by atoms with van der Waals surface area (Å²) in [5.74, 6) is 0. The molecule has 0 saturated carbocycles. The first-order valence-corrected chi connectivity index (χ1v) is 13.1. The van der Waals surface area contributed by atoms with Crippen LogP contribution < -0.4 is 16.4 Å². The Morgan fingerprint density at radius 3 is 2.81 bits per heavy atom. The second-order valence-corrected chi connectivity index (χ2v) is 10.1. The first-order valence-electron chi connectivity index (χ1n) is 13.1.